The zero-order chi connectivity index (χ0) is 37.3. The zero-order valence-electron chi connectivity index (χ0n) is 25.9. The molecule has 1 amide bonds. The molecule has 0 bridgehead atoms. The summed E-state index contributed by atoms with van der Waals surface area (Å²) in [5.41, 5.74) is -1.03. The third-order valence-electron chi connectivity index (χ3n) is 6.42. The van der Waals surface area contributed by atoms with Crippen LogP contribution in [0, 0.1) is 6.92 Å². The fourth-order valence-electron chi connectivity index (χ4n) is 4.35. The first-order valence-electron chi connectivity index (χ1n) is 13.8. The van der Waals surface area contributed by atoms with Crippen LogP contribution in [0.3, 0.4) is 0 Å². The molecule has 2 aromatic carbocycles. The minimum absolute atomic E-state index is 0.00622. The second-order valence-electron chi connectivity index (χ2n) is 9.61. The van der Waals surface area contributed by atoms with Crippen LogP contribution in [0.5, 0.6) is 0 Å². The molecule has 0 unspecified atom stereocenters. The molecule has 5 N–H and O–H groups in total. The van der Waals surface area contributed by atoms with E-state index in [9.17, 15) is 35.5 Å². The molecule has 274 valence electrons. The summed E-state index contributed by atoms with van der Waals surface area (Å²) in [4.78, 5) is 35.9. The molecule has 2 heterocycles. The predicted molar refractivity (Wildman–Crippen MR) is 177 cm³/mol. The number of aryl methyl sites for hydroxylation is 1. The summed E-state index contributed by atoms with van der Waals surface area (Å²) in [6, 6.07) is 6.76. The molecule has 3 aromatic rings. The van der Waals surface area contributed by atoms with Crippen LogP contribution in [-0.4, -0.2) is 71.1 Å². The second kappa shape index (κ2) is 17.5. The molecule has 20 nitrogen and oxygen atoms in total. The van der Waals surface area contributed by atoms with Crippen molar-refractivity contribution in [3.8, 4) is 5.69 Å². The maximum absolute atomic E-state index is 13.5. The summed E-state index contributed by atoms with van der Waals surface area (Å²) < 4.78 is 77.4. The van der Waals surface area contributed by atoms with Crippen molar-refractivity contribution in [3.05, 3.63) is 87.9 Å². The lowest BCUT2D eigenvalue weighted by molar-refractivity contribution is -0.432. The van der Waals surface area contributed by atoms with Crippen molar-refractivity contribution in [2.24, 2.45) is 5.10 Å². The first kappa shape index (κ1) is 39.8. The lowest BCUT2D eigenvalue weighted by Gasteiger charge is -2.15. The van der Waals surface area contributed by atoms with Crippen molar-refractivity contribution in [2.75, 3.05) is 18.2 Å². The minimum atomic E-state index is -4.86. The van der Waals surface area contributed by atoms with E-state index in [-0.39, 0.29) is 51.2 Å². The minimum Gasteiger partial charge on any atom is -0.295 e. The predicted octanol–water partition coefficient (Wildman–Crippen LogP) is 3.69. The van der Waals surface area contributed by atoms with Crippen molar-refractivity contribution in [1.82, 2.24) is 9.78 Å². The molecule has 51 heavy (non-hydrogen) atoms. The molecular formula is C27H26N4O16S4. The van der Waals surface area contributed by atoms with Gasteiger partial charge in [-0.15, -0.1) is 8.67 Å². The van der Waals surface area contributed by atoms with E-state index < -0.39 is 41.5 Å². The number of aromatic amines is 1. The average molecular weight is 791 g/mol. The summed E-state index contributed by atoms with van der Waals surface area (Å²) in [7, 11) is -9.65. The van der Waals surface area contributed by atoms with E-state index >= 15 is 0 Å². The van der Waals surface area contributed by atoms with Gasteiger partial charge >= 0.3 is 0 Å². The number of rotatable bonds is 17. The molecule has 4 rings (SSSR count). The maximum Gasteiger partial charge on any atom is 0.296 e. The first-order chi connectivity index (χ1) is 24.2. The normalized spacial score (nSPS) is 14.9. The van der Waals surface area contributed by atoms with Crippen LogP contribution in [0.1, 0.15) is 18.2 Å². The second-order valence-corrected chi connectivity index (χ2v) is 13.9. The van der Waals surface area contributed by atoms with Crippen molar-refractivity contribution in [2.45, 2.75) is 33.4 Å². The third-order valence-corrected chi connectivity index (χ3v) is 9.38. The largest absolute Gasteiger partial charge is 0.296 e. The maximum atomic E-state index is 13.5. The Hall–Kier alpha value is -3.99. The topological polar surface area (TPSA) is 275 Å². The number of anilines is 1. The average Bonchev–Trinajstić information content (AvgIpc) is 3.54. The number of hydrazone groups is 1. The van der Waals surface area contributed by atoms with Gasteiger partial charge in [0.25, 0.3) is 31.7 Å². The fraction of sp³-hybridized carbons (Fsp3) is 0.148. The number of allylic oxidation sites excluding steroid dienone is 4. The van der Waals surface area contributed by atoms with E-state index in [2.05, 4.69) is 28.9 Å². The van der Waals surface area contributed by atoms with Crippen molar-refractivity contribution < 1.29 is 69.8 Å². The van der Waals surface area contributed by atoms with E-state index in [0.29, 0.717) is 34.8 Å². The van der Waals surface area contributed by atoms with Gasteiger partial charge in [0.2, 0.25) is 0 Å². The quantitative estimate of drug-likeness (QED) is 0.0248. The van der Waals surface area contributed by atoms with Crippen LogP contribution in [0.2, 0.25) is 0 Å². The Morgan fingerprint density at radius 2 is 1.45 bits per heavy atom. The highest BCUT2D eigenvalue weighted by molar-refractivity contribution is 7.94. The summed E-state index contributed by atoms with van der Waals surface area (Å²) in [5.74, 6) is -0.833. The zero-order valence-corrected chi connectivity index (χ0v) is 29.2. The molecule has 0 spiro atoms. The van der Waals surface area contributed by atoms with Crippen LogP contribution >= 0.6 is 24.1 Å². The van der Waals surface area contributed by atoms with Gasteiger partial charge in [0.1, 0.15) is 22.1 Å². The van der Waals surface area contributed by atoms with E-state index in [4.69, 9.17) is 20.3 Å². The van der Waals surface area contributed by atoms with E-state index in [1.54, 1.807) is 6.92 Å². The van der Waals surface area contributed by atoms with Crippen LogP contribution in [0.15, 0.2) is 95.8 Å². The van der Waals surface area contributed by atoms with Crippen molar-refractivity contribution >= 4 is 67.7 Å². The number of carbonyl (C=O) groups is 1. The summed E-state index contributed by atoms with van der Waals surface area (Å²) in [6.45, 7) is 2.98. The third kappa shape index (κ3) is 9.87. The Bertz CT molecular complexity index is 2180. The molecule has 1 aliphatic heterocycles. The monoisotopic (exact) mass is 790 g/mol. The summed E-state index contributed by atoms with van der Waals surface area (Å²) in [5, 5.41) is 31.6. The first-order valence-corrected chi connectivity index (χ1v) is 18.1. The van der Waals surface area contributed by atoms with Crippen molar-refractivity contribution in [1.29, 1.82) is 0 Å². The Morgan fingerprint density at radius 3 is 2.02 bits per heavy atom. The lowest BCUT2D eigenvalue weighted by Crippen LogP contribution is -2.23. The van der Waals surface area contributed by atoms with E-state index in [0.717, 1.165) is 22.9 Å². The number of aromatic nitrogens is 2. The van der Waals surface area contributed by atoms with Gasteiger partial charge in [-0.05, 0) is 62.4 Å². The van der Waals surface area contributed by atoms with Crippen LogP contribution in [0.4, 0.5) is 5.69 Å². The molecule has 1 aliphatic rings. The smallest absolute Gasteiger partial charge is 0.295 e. The number of carbonyl (C=O) groups excluding carboxylic acids is 1. The van der Waals surface area contributed by atoms with Crippen LogP contribution in [-0.2, 0) is 53.6 Å². The van der Waals surface area contributed by atoms with E-state index in [1.807, 2.05) is 0 Å². The van der Waals surface area contributed by atoms with E-state index in [1.165, 1.54) is 55.5 Å². The van der Waals surface area contributed by atoms with Gasteiger partial charge in [-0.2, -0.15) is 26.9 Å². The SMILES string of the molecule is CCOOCC1=NN(c2cc(SOOO)ccc2S(=O)(=O)O)C(=O)\C1=C/C=C\C=C/c1c(C)[nH]n(-c2cc(SOOO)ccc2S(=O)(=O)O)c1=O. The molecular weight excluding hydrogens is 765 g/mol. The van der Waals surface area contributed by atoms with Crippen LogP contribution in [0.25, 0.3) is 11.8 Å². The number of H-pyrrole nitrogens is 1. The number of nitrogens with zero attached hydrogens (tertiary/aromatic N) is 3. The standard InChI is InChI=1S/C27H26N4O16S4/c1-3-42-43-15-21-20(27(33)31(29-21)23-14-18(49-47-45-35)10-12-25(23)51(39,40)41)8-6-4-5-7-19-16(2)28-30(26(19)32)22-13-17(48-46-44-34)9-11-24(22)50(36,37)38/h4-14,28,34-35H,3,15H2,1-2H3,(H,36,37,38)(H,39,40,41)/b6-4-,7-5-,20-8-. The van der Waals surface area contributed by atoms with Gasteiger partial charge in [-0.25, -0.2) is 25.0 Å². The molecule has 0 saturated heterocycles. The molecule has 0 atom stereocenters. The molecule has 24 heteroatoms. The number of nitrogens with one attached hydrogen (secondary N) is 1. The van der Waals surface area contributed by atoms with Crippen molar-refractivity contribution in [3.63, 3.8) is 0 Å². The number of benzene rings is 2. The van der Waals surface area contributed by atoms with Gasteiger partial charge in [0, 0.05) is 15.5 Å². The number of hydrogen-bond donors (Lipinski definition) is 5. The molecule has 1 aromatic heterocycles. The highest BCUT2D eigenvalue weighted by Gasteiger charge is 2.34. The Labute approximate surface area is 296 Å². The Morgan fingerprint density at radius 1 is 0.863 bits per heavy atom. The van der Waals surface area contributed by atoms with Gasteiger partial charge in [-0.3, -0.25) is 23.8 Å². The Kier molecular flexibility index (Phi) is 13.6. The highest BCUT2D eigenvalue weighted by Crippen LogP contribution is 2.34. The molecule has 0 aliphatic carbocycles. The summed E-state index contributed by atoms with van der Waals surface area (Å²) in [6.07, 6.45) is 6.95. The fourth-order valence-corrected chi connectivity index (χ4v) is 6.44. The highest BCUT2D eigenvalue weighted by atomic mass is 32.2. The van der Waals surface area contributed by atoms with Gasteiger partial charge in [0.15, 0.2) is 0 Å². The number of hydrogen-bond acceptors (Lipinski definition) is 17. The van der Waals surface area contributed by atoms with Crippen LogP contribution < -0.4 is 10.6 Å². The van der Waals surface area contributed by atoms with Gasteiger partial charge < -0.3 is 0 Å². The molecule has 0 fully saturated rings. The van der Waals surface area contributed by atoms with Gasteiger partial charge in [0.05, 0.1) is 53.2 Å². The Balaban J connectivity index is 1.66. The molecule has 0 saturated carbocycles. The van der Waals surface area contributed by atoms with Gasteiger partial charge in [-0.1, -0.05) is 28.3 Å². The molecule has 0 radical (unpaired) electrons. The lowest BCUT2D eigenvalue weighted by atomic mass is 10.1. The summed E-state index contributed by atoms with van der Waals surface area (Å²) >= 11 is 0.952. The number of amides is 1.